The van der Waals surface area contributed by atoms with E-state index >= 15 is 0 Å². The van der Waals surface area contributed by atoms with Gasteiger partial charge in [-0.1, -0.05) is 36.4 Å². The van der Waals surface area contributed by atoms with Crippen molar-refractivity contribution in [3.05, 3.63) is 59.7 Å². The Hall–Kier alpha value is -2.31. The van der Waals surface area contributed by atoms with E-state index in [2.05, 4.69) is 22.3 Å². The van der Waals surface area contributed by atoms with Crippen LogP contribution < -0.4 is 14.8 Å². The number of benzene rings is 2. The summed E-state index contributed by atoms with van der Waals surface area (Å²) in [6.45, 7) is 3.02. The minimum Gasteiger partial charge on any atom is -0.454 e. The molecule has 1 aliphatic heterocycles. The van der Waals surface area contributed by atoms with Crippen LogP contribution in [-0.2, 0) is 17.8 Å². The van der Waals surface area contributed by atoms with Crippen LogP contribution >= 0.6 is 12.2 Å². The van der Waals surface area contributed by atoms with Crippen molar-refractivity contribution >= 4 is 17.3 Å². The highest BCUT2D eigenvalue weighted by atomic mass is 32.1. The maximum Gasteiger partial charge on any atom is 0.231 e. The zero-order valence-electron chi connectivity index (χ0n) is 14.2. The van der Waals surface area contributed by atoms with Crippen LogP contribution in [0.3, 0.4) is 0 Å². The van der Waals surface area contributed by atoms with Crippen LogP contribution in [-0.4, -0.2) is 37.1 Å². The maximum absolute atomic E-state index is 5.59. The molecule has 2 aromatic rings. The molecule has 25 heavy (non-hydrogen) atoms. The zero-order valence-corrected chi connectivity index (χ0v) is 15.1. The van der Waals surface area contributed by atoms with Gasteiger partial charge < -0.3 is 24.4 Å². The second kappa shape index (κ2) is 8.69. The van der Waals surface area contributed by atoms with Gasteiger partial charge >= 0.3 is 0 Å². The number of methoxy groups -OCH3 is 1. The minimum absolute atomic E-state index is 0.284. The largest absolute Gasteiger partial charge is 0.454 e. The van der Waals surface area contributed by atoms with E-state index in [1.807, 2.05) is 36.4 Å². The van der Waals surface area contributed by atoms with Crippen molar-refractivity contribution in [3.63, 3.8) is 0 Å². The van der Waals surface area contributed by atoms with Crippen molar-refractivity contribution in [3.8, 4) is 11.5 Å². The van der Waals surface area contributed by atoms with E-state index in [9.17, 15) is 0 Å². The summed E-state index contributed by atoms with van der Waals surface area (Å²) >= 11 is 5.59. The normalized spacial score (nSPS) is 12.0. The molecule has 0 saturated heterocycles. The van der Waals surface area contributed by atoms with Crippen LogP contribution in [0.1, 0.15) is 11.1 Å². The Balaban J connectivity index is 1.59. The molecular weight excluding hydrogens is 336 g/mol. The predicted octanol–water partition coefficient (Wildman–Crippen LogP) is 2.94. The number of ether oxygens (including phenoxy) is 3. The van der Waals surface area contributed by atoms with Gasteiger partial charge in [0.1, 0.15) is 0 Å². The Labute approximate surface area is 153 Å². The Morgan fingerprint density at radius 3 is 2.72 bits per heavy atom. The first-order chi connectivity index (χ1) is 12.3. The molecule has 0 atom stereocenters. The van der Waals surface area contributed by atoms with Crippen molar-refractivity contribution in [2.75, 3.05) is 27.1 Å². The van der Waals surface area contributed by atoms with E-state index in [0.29, 0.717) is 18.3 Å². The highest BCUT2D eigenvalue weighted by Crippen LogP contribution is 2.32. The molecule has 1 heterocycles. The standard InChI is InChI=1S/C19H22N2O3S/c1-22-10-9-21(13-15-5-3-2-4-6-15)19(25)20-12-16-7-8-17-18(11-16)24-14-23-17/h2-8,11H,9-10,12-14H2,1H3,(H,20,25). The third-order valence-electron chi connectivity index (χ3n) is 3.95. The van der Waals surface area contributed by atoms with E-state index in [1.165, 1.54) is 5.56 Å². The zero-order chi connectivity index (χ0) is 17.5. The number of rotatable bonds is 7. The molecule has 0 saturated carbocycles. The molecule has 0 aromatic heterocycles. The van der Waals surface area contributed by atoms with Crippen LogP contribution in [0.2, 0.25) is 0 Å². The smallest absolute Gasteiger partial charge is 0.231 e. The number of hydrogen-bond acceptors (Lipinski definition) is 4. The summed E-state index contributed by atoms with van der Waals surface area (Å²) in [5.41, 5.74) is 2.31. The Kier molecular flexibility index (Phi) is 6.09. The lowest BCUT2D eigenvalue weighted by Gasteiger charge is -2.26. The Morgan fingerprint density at radius 1 is 1.12 bits per heavy atom. The maximum atomic E-state index is 5.59. The van der Waals surface area contributed by atoms with Crippen LogP contribution in [0.25, 0.3) is 0 Å². The second-order valence-electron chi connectivity index (χ2n) is 5.75. The van der Waals surface area contributed by atoms with Gasteiger partial charge in [-0.15, -0.1) is 0 Å². The van der Waals surface area contributed by atoms with Crippen LogP contribution in [0.4, 0.5) is 0 Å². The number of fused-ring (bicyclic) bond motifs is 1. The van der Waals surface area contributed by atoms with Crippen LogP contribution in [0.5, 0.6) is 11.5 Å². The van der Waals surface area contributed by atoms with E-state index in [1.54, 1.807) is 7.11 Å². The lowest BCUT2D eigenvalue weighted by Crippen LogP contribution is -2.40. The summed E-state index contributed by atoms with van der Waals surface area (Å²) in [7, 11) is 1.70. The first kappa shape index (κ1) is 17.5. The fraction of sp³-hybridized carbons (Fsp3) is 0.316. The van der Waals surface area contributed by atoms with Gasteiger partial charge in [0.25, 0.3) is 0 Å². The molecule has 2 aromatic carbocycles. The number of hydrogen-bond donors (Lipinski definition) is 1. The van der Waals surface area contributed by atoms with E-state index in [4.69, 9.17) is 26.4 Å². The number of thiocarbonyl (C=S) groups is 1. The first-order valence-electron chi connectivity index (χ1n) is 8.20. The van der Waals surface area contributed by atoms with E-state index in [0.717, 1.165) is 30.2 Å². The van der Waals surface area contributed by atoms with Crippen LogP contribution in [0.15, 0.2) is 48.5 Å². The van der Waals surface area contributed by atoms with Gasteiger partial charge in [-0.05, 0) is 35.5 Å². The summed E-state index contributed by atoms with van der Waals surface area (Å²) in [4.78, 5) is 2.11. The summed E-state index contributed by atoms with van der Waals surface area (Å²) in [6.07, 6.45) is 0. The van der Waals surface area contributed by atoms with Crippen molar-refractivity contribution in [1.29, 1.82) is 0 Å². The molecule has 0 radical (unpaired) electrons. The van der Waals surface area contributed by atoms with Gasteiger partial charge in [0.15, 0.2) is 16.6 Å². The van der Waals surface area contributed by atoms with Crippen molar-refractivity contribution in [2.45, 2.75) is 13.1 Å². The average molecular weight is 358 g/mol. The topological polar surface area (TPSA) is 43.0 Å². The summed E-state index contributed by atoms with van der Waals surface area (Å²) in [6, 6.07) is 16.2. The molecule has 1 aliphatic rings. The molecule has 3 rings (SSSR count). The SMILES string of the molecule is COCCN(Cc1ccccc1)C(=S)NCc1ccc2c(c1)OCO2. The third-order valence-corrected chi connectivity index (χ3v) is 4.35. The second-order valence-corrected chi connectivity index (χ2v) is 6.13. The molecule has 6 heteroatoms. The fourth-order valence-electron chi connectivity index (χ4n) is 2.60. The molecule has 132 valence electrons. The van der Waals surface area contributed by atoms with E-state index < -0.39 is 0 Å². The Morgan fingerprint density at radius 2 is 1.92 bits per heavy atom. The van der Waals surface area contributed by atoms with E-state index in [-0.39, 0.29) is 6.79 Å². The number of nitrogens with one attached hydrogen (secondary N) is 1. The van der Waals surface area contributed by atoms with Crippen molar-refractivity contribution < 1.29 is 14.2 Å². The highest BCUT2D eigenvalue weighted by Gasteiger charge is 2.14. The third kappa shape index (κ3) is 4.84. The van der Waals surface area contributed by atoms with Crippen molar-refractivity contribution in [2.24, 2.45) is 0 Å². The molecule has 0 fully saturated rings. The minimum atomic E-state index is 0.284. The molecule has 0 aliphatic carbocycles. The number of nitrogens with zero attached hydrogens (tertiary/aromatic N) is 1. The molecule has 0 unspecified atom stereocenters. The molecule has 0 amide bonds. The lowest BCUT2D eigenvalue weighted by molar-refractivity contribution is 0.174. The highest BCUT2D eigenvalue weighted by molar-refractivity contribution is 7.80. The van der Waals surface area contributed by atoms with Gasteiger partial charge in [-0.3, -0.25) is 0 Å². The quantitative estimate of drug-likeness (QED) is 0.768. The predicted molar refractivity (Wildman–Crippen MR) is 101 cm³/mol. The summed E-state index contributed by atoms with van der Waals surface area (Å²) in [5.74, 6) is 1.57. The van der Waals surface area contributed by atoms with Gasteiger partial charge in [-0.2, -0.15) is 0 Å². The monoisotopic (exact) mass is 358 g/mol. The van der Waals surface area contributed by atoms with Crippen LogP contribution in [0, 0.1) is 0 Å². The summed E-state index contributed by atoms with van der Waals surface area (Å²) in [5, 5.41) is 4.03. The van der Waals surface area contributed by atoms with Crippen molar-refractivity contribution in [1.82, 2.24) is 10.2 Å². The molecule has 5 nitrogen and oxygen atoms in total. The molecular formula is C19H22N2O3S. The molecule has 0 bridgehead atoms. The lowest BCUT2D eigenvalue weighted by atomic mass is 10.2. The first-order valence-corrected chi connectivity index (χ1v) is 8.61. The van der Waals surface area contributed by atoms with Gasteiger partial charge in [0, 0.05) is 26.7 Å². The Bertz CT molecular complexity index is 709. The molecule has 0 spiro atoms. The average Bonchev–Trinajstić information content (AvgIpc) is 3.11. The van der Waals surface area contributed by atoms with Gasteiger partial charge in [0.05, 0.1) is 6.61 Å². The molecule has 1 N–H and O–H groups in total. The fourth-order valence-corrected chi connectivity index (χ4v) is 2.83. The van der Waals surface area contributed by atoms with Gasteiger partial charge in [-0.25, -0.2) is 0 Å². The summed E-state index contributed by atoms with van der Waals surface area (Å²) < 4.78 is 16.0. The van der Waals surface area contributed by atoms with Gasteiger partial charge in [0.2, 0.25) is 6.79 Å².